The van der Waals surface area contributed by atoms with Gasteiger partial charge in [-0.2, -0.15) is 0 Å². The minimum Gasteiger partial charge on any atom is -0.467 e. The zero-order chi connectivity index (χ0) is 11.4. The number of rotatable bonds is 4. The number of anilines is 1. The standard InChI is InChI=1S/C10H8ClN3O2/c11-9-8(5-15)10(14-6-13-9)12-4-7-2-1-3-16-7/h1-3,5-6H,4H2,(H,12,13,14). The molecule has 0 radical (unpaired) electrons. The Kier molecular flexibility index (Phi) is 3.16. The zero-order valence-corrected chi connectivity index (χ0v) is 8.94. The van der Waals surface area contributed by atoms with Crippen LogP contribution in [0.3, 0.4) is 0 Å². The summed E-state index contributed by atoms with van der Waals surface area (Å²) >= 11 is 5.74. The first-order chi connectivity index (χ1) is 7.81. The molecule has 0 aromatic carbocycles. The molecular formula is C10H8ClN3O2. The monoisotopic (exact) mass is 237 g/mol. The molecule has 0 fully saturated rings. The lowest BCUT2D eigenvalue weighted by Crippen LogP contribution is -2.04. The van der Waals surface area contributed by atoms with Gasteiger partial charge in [0.2, 0.25) is 0 Å². The molecule has 0 aliphatic rings. The van der Waals surface area contributed by atoms with Gasteiger partial charge in [0.15, 0.2) is 6.29 Å². The topological polar surface area (TPSA) is 68.0 Å². The van der Waals surface area contributed by atoms with E-state index in [9.17, 15) is 4.79 Å². The Hall–Kier alpha value is -1.88. The highest BCUT2D eigenvalue weighted by molar-refractivity contribution is 6.32. The van der Waals surface area contributed by atoms with E-state index in [0.29, 0.717) is 18.6 Å². The van der Waals surface area contributed by atoms with Crippen LogP contribution in [0.4, 0.5) is 5.82 Å². The summed E-state index contributed by atoms with van der Waals surface area (Å²) in [7, 11) is 0. The van der Waals surface area contributed by atoms with Crippen molar-refractivity contribution in [1.29, 1.82) is 0 Å². The van der Waals surface area contributed by atoms with Crippen molar-refractivity contribution in [2.45, 2.75) is 6.54 Å². The highest BCUT2D eigenvalue weighted by atomic mass is 35.5. The van der Waals surface area contributed by atoms with Crippen molar-refractivity contribution in [2.24, 2.45) is 0 Å². The quantitative estimate of drug-likeness (QED) is 0.652. The minimum absolute atomic E-state index is 0.131. The molecule has 1 N–H and O–H groups in total. The number of hydrogen-bond acceptors (Lipinski definition) is 5. The molecule has 0 saturated carbocycles. The Morgan fingerprint density at radius 1 is 1.50 bits per heavy atom. The molecular weight excluding hydrogens is 230 g/mol. The largest absolute Gasteiger partial charge is 0.467 e. The highest BCUT2D eigenvalue weighted by Crippen LogP contribution is 2.17. The molecule has 0 aliphatic heterocycles. The Balaban J connectivity index is 2.15. The van der Waals surface area contributed by atoms with Crippen LogP contribution >= 0.6 is 11.6 Å². The van der Waals surface area contributed by atoms with E-state index < -0.39 is 0 Å². The molecule has 0 saturated heterocycles. The predicted octanol–water partition coefficient (Wildman–Crippen LogP) is 2.15. The molecule has 0 amide bonds. The van der Waals surface area contributed by atoms with Gasteiger partial charge >= 0.3 is 0 Å². The lowest BCUT2D eigenvalue weighted by atomic mass is 10.3. The molecule has 5 nitrogen and oxygen atoms in total. The molecule has 0 atom stereocenters. The third-order valence-electron chi connectivity index (χ3n) is 1.96. The summed E-state index contributed by atoms with van der Waals surface area (Å²) in [5.74, 6) is 1.14. The van der Waals surface area contributed by atoms with Crippen LogP contribution < -0.4 is 5.32 Å². The Morgan fingerprint density at radius 2 is 2.38 bits per heavy atom. The number of aldehydes is 1. The Bertz CT molecular complexity index is 485. The van der Waals surface area contributed by atoms with E-state index >= 15 is 0 Å². The molecule has 2 aromatic heterocycles. The van der Waals surface area contributed by atoms with Gasteiger partial charge in [-0.25, -0.2) is 9.97 Å². The maximum absolute atomic E-state index is 10.8. The maximum Gasteiger partial charge on any atom is 0.156 e. The van der Waals surface area contributed by atoms with E-state index in [4.69, 9.17) is 16.0 Å². The second-order valence-corrected chi connectivity index (χ2v) is 3.34. The van der Waals surface area contributed by atoms with Gasteiger partial charge in [0.05, 0.1) is 18.4 Å². The van der Waals surface area contributed by atoms with Crippen LogP contribution in [0, 0.1) is 0 Å². The van der Waals surface area contributed by atoms with Crippen molar-refractivity contribution < 1.29 is 9.21 Å². The van der Waals surface area contributed by atoms with Crippen LogP contribution in [-0.4, -0.2) is 16.3 Å². The van der Waals surface area contributed by atoms with Gasteiger partial charge in [-0.1, -0.05) is 11.6 Å². The summed E-state index contributed by atoms with van der Waals surface area (Å²) in [6, 6.07) is 3.60. The summed E-state index contributed by atoms with van der Waals surface area (Å²) in [4.78, 5) is 18.4. The van der Waals surface area contributed by atoms with Crippen LogP contribution in [0.15, 0.2) is 29.1 Å². The number of carbonyl (C=O) groups is 1. The fourth-order valence-electron chi connectivity index (χ4n) is 1.20. The van der Waals surface area contributed by atoms with Crippen molar-refractivity contribution >= 4 is 23.7 Å². The number of aromatic nitrogens is 2. The van der Waals surface area contributed by atoms with E-state index in [-0.39, 0.29) is 10.7 Å². The molecule has 0 spiro atoms. The third kappa shape index (κ3) is 2.20. The van der Waals surface area contributed by atoms with Gasteiger partial charge in [0.1, 0.15) is 23.1 Å². The molecule has 2 heterocycles. The van der Waals surface area contributed by atoms with E-state index in [1.807, 2.05) is 6.07 Å². The summed E-state index contributed by atoms with van der Waals surface area (Å²) in [5.41, 5.74) is 0.246. The van der Waals surface area contributed by atoms with Crippen molar-refractivity contribution in [3.05, 3.63) is 41.2 Å². The van der Waals surface area contributed by atoms with Gasteiger partial charge in [0, 0.05) is 0 Å². The second kappa shape index (κ2) is 4.76. The number of halogens is 1. The summed E-state index contributed by atoms with van der Waals surface area (Å²) < 4.78 is 5.13. The van der Waals surface area contributed by atoms with Crippen LogP contribution in [-0.2, 0) is 6.54 Å². The molecule has 16 heavy (non-hydrogen) atoms. The maximum atomic E-state index is 10.8. The fourth-order valence-corrected chi connectivity index (χ4v) is 1.38. The lowest BCUT2D eigenvalue weighted by molar-refractivity contribution is 0.112. The molecule has 2 rings (SSSR count). The second-order valence-electron chi connectivity index (χ2n) is 2.98. The first kappa shape index (κ1) is 10.6. The fraction of sp³-hybridized carbons (Fsp3) is 0.100. The van der Waals surface area contributed by atoms with Gasteiger partial charge in [-0.05, 0) is 12.1 Å². The van der Waals surface area contributed by atoms with Gasteiger partial charge in [0.25, 0.3) is 0 Å². The lowest BCUT2D eigenvalue weighted by Gasteiger charge is -2.05. The van der Waals surface area contributed by atoms with Crippen LogP contribution in [0.2, 0.25) is 5.15 Å². The number of hydrogen-bond donors (Lipinski definition) is 1. The smallest absolute Gasteiger partial charge is 0.156 e. The van der Waals surface area contributed by atoms with Crippen LogP contribution in [0.25, 0.3) is 0 Å². The predicted molar refractivity (Wildman–Crippen MR) is 58.5 cm³/mol. The first-order valence-corrected chi connectivity index (χ1v) is 4.91. The molecule has 6 heteroatoms. The first-order valence-electron chi connectivity index (χ1n) is 4.53. The molecule has 2 aromatic rings. The SMILES string of the molecule is O=Cc1c(Cl)ncnc1NCc1ccco1. The molecule has 0 bridgehead atoms. The zero-order valence-electron chi connectivity index (χ0n) is 8.18. The van der Waals surface area contributed by atoms with Crippen molar-refractivity contribution in [1.82, 2.24) is 9.97 Å². The Morgan fingerprint density at radius 3 is 3.06 bits per heavy atom. The summed E-state index contributed by atoms with van der Waals surface area (Å²) in [6.07, 6.45) is 3.48. The number of nitrogens with zero attached hydrogens (tertiary/aromatic N) is 2. The average molecular weight is 238 g/mol. The molecule has 82 valence electrons. The normalized spacial score (nSPS) is 10.1. The van der Waals surface area contributed by atoms with E-state index in [1.54, 1.807) is 12.3 Å². The van der Waals surface area contributed by atoms with E-state index in [0.717, 1.165) is 5.76 Å². The molecule has 0 aliphatic carbocycles. The average Bonchev–Trinajstić information content (AvgIpc) is 2.79. The van der Waals surface area contributed by atoms with E-state index in [2.05, 4.69) is 15.3 Å². The van der Waals surface area contributed by atoms with Crippen molar-refractivity contribution in [2.75, 3.05) is 5.32 Å². The third-order valence-corrected chi connectivity index (χ3v) is 2.26. The summed E-state index contributed by atoms with van der Waals surface area (Å²) in [6.45, 7) is 0.432. The van der Waals surface area contributed by atoms with Crippen molar-refractivity contribution in [3.63, 3.8) is 0 Å². The van der Waals surface area contributed by atoms with Gasteiger partial charge < -0.3 is 9.73 Å². The minimum atomic E-state index is 0.131. The van der Waals surface area contributed by atoms with Crippen molar-refractivity contribution in [3.8, 4) is 0 Å². The number of carbonyl (C=O) groups excluding carboxylic acids is 1. The summed E-state index contributed by atoms with van der Waals surface area (Å²) in [5, 5.41) is 3.08. The number of furan rings is 1. The molecule has 0 unspecified atom stereocenters. The van der Waals surface area contributed by atoms with Gasteiger partial charge in [-0.15, -0.1) is 0 Å². The Labute approximate surface area is 96.5 Å². The highest BCUT2D eigenvalue weighted by Gasteiger charge is 2.08. The number of nitrogens with one attached hydrogen (secondary N) is 1. The van der Waals surface area contributed by atoms with Crippen LogP contribution in [0.5, 0.6) is 0 Å². The van der Waals surface area contributed by atoms with E-state index in [1.165, 1.54) is 6.33 Å². The van der Waals surface area contributed by atoms with Crippen LogP contribution in [0.1, 0.15) is 16.1 Å². The van der Waals surface area contributed by atoms with Gasteiger partial charge in [-0.3, -0.25) is 4.79 Å².